The summed E-state index contributed by atoms with van der Waals surface area (Å²) < 4.78 is 0. The zero-order chi connectivity index (χ0) is 13.1. The molecule has 1 unspecified atom stereocenters. The van der Waals surface area contributed by atoms with Crippen LogP contribution in [0.3, 0.4) is 0 Å². The molecule has 0 saturated carbocycles. The van der Waals surface area contributed by atoms with Crippen molar-refractivity contribution < 1.29 is 14.7 Å². The van der Waals surface area contributed by atoms with E-state index in [1.807, 2.05) is 0 Å². The van der Waals surface area contributed by atoms with Gasteiger partial charge in [0.15, 0.2) is 0 Å². The van der Waals surface area contributed by atoms with Gasteiger partial charge in [-0.2, -0.15) is 0 Å². The van der Waals surface area contributed by atoms with Crippen LogP contribution in [0.1, 0.15) is 46.0 Å². The van der Waals surface area contributed by atoms with E-state index in [-0.39, 0.29) is 24.5 Å². The Hall–Kier alpha value is -1.10. The van der Waals surface area contributed by atoms with Crippen molar-refractivity contribution in [2.24, 2.45) is 0 Å². The van der Waals surface area contributed by atoms with Crippen molar-refractivity contribution in [1.29, 1.82) is 0 Å². The van der Waals surface area contributed by atoms with Gasteiger partial charge in [-0.25, -0.2) is 0 Å². The molecule has 0 aromatic heterocycles. The molecule has 2 amide bonds. The van der Waals surface area contributed by atoms with E-state index in [0.717, 1.165) is 12.8 Å². The molecule has 17 heavy (non-hydrogen) atoms. The van der Waals surface area contributed by atoms with Crippen molar-refractivity contribution in [2.75, 3.05) is 13.2 Å². The fraction of sp³-hybridized carbons (Fsp3) is 0.833. The Balaban J connectivity index is 3.74. The minimum atomic E-state index is -0.320. The highest BCUT2D eigenvalue weighted by Gasteiger charge is 2.11. The van der Waals surface area contributed by atoms with Crippen LogP contribution in [-0.4, -0.2) is 36.1 Å². The van der Waals surface area contributed by atoms with E-state index < -0.39 is 0 Å². The lowest BCUT2D eigenvalue weighted by molar-refractivity contribution is -0.123. The second-order valence-corrected chi connectivity index (χ2v) is 4.04. The summed E-state index contributed by atoms with van der Waals surface area (Å²) >= 11 is 0. The number of aliphatic hydroxyl groups excluding tert-OH is 1. The SMILES string of the molecule is CCCCNC(=O)CCC(CO)NC(=O)CC. The molecule has 0 aliphatic carbocycles. The Labute approximate surface area is 103 Å². The third kappa shape index (κ3) is 8.68. The van der Waals surface area contributed by atoms with Crippen LogP contribution in [0.2, 0.25) is 0 Å². The maximum atomic E-state index is 11.4. The average molecular weight is 244 g/mol. The average Bonchev–Trinajstić information content (AvgIpc) is 2.34. The summed E-state index contributed by atoms with van der Waals surface area (Å²) in [7, 11) is 0. The third-order valence-corrected chi connectivity index (χ3v) is 2.48. The molecule has 0 aromatic rings. The second-order valence-electron chi connectivity index (χ2n) is 4.04. The van der Waals surface area contributed by atoms with Crippen LogP contribution in [0, 0.1) is 0 Å². The highest BCUT2D eigenvalue weighted by molar-refractivity contribution is 5.77. The molecule has 0 radical (unpaired) electrons. The molecular formula is C12H24N2O3. The lowest BCUT2D eigenvalue weighted by Gasteiger charge is -2.15. The van der Waals surface area contributed by atoms with E-state index in [2.05, 4.69) is 17.6 Å². The summed E-state index contributed by atoms with van der Waals surface area (Å²) in [4.78, 5) is 22.5. The van der Waals surface area contributed by atoms with Gasteiger partial charge in [-0.05, 0) is 12.8 Å². The van der Waals surface area contributed by atoms with Gasteiger partial charge >= 0.3 is 0 Å². The molecule has 0 aromatic carbocycles. The van der Waals surface area contributed by atoms with Crippen molar-refractivity contribution in [2.45, 2.75) is 52.0 Å². The van der Waals surface area contributed by atoms with Crippen LogP contribution >= 0.6 is 0 Å². The molecule has 0 aliphatic rings. The number of amides is 2. The van der Waals surface area contributed by atoms with E-state index in [1.54, 1.807) is 6.92 Å². The highest BCUT2D eigenvalue weighted by atomic mass is 16.3. The van der Waals surface area contributed by atoms with E-state index in [9.17, 15) is 9.59 Å². The number of unbranched alkanes of at least 4 members (excludes halogenated alkanes) is 1. The molecule has 1 atom stereocenters. The maximum Gasteiger partial charge on any atom is 0.220 e. The highest BCUT2D eigenvalue weighted by Crippen LogP contribution is 1.98. The normalized spacial score (nSPS) is 11.9. The third-order valence-electron chi connectivity index (χ3n) is 2.48. The smallest absolute Gasteiger partial charge is 0.220 e. The summed E-state index contributed by atoms with van der Waals surface area (Å²) in [5.74, 6) is -0.127. The van der Waals surface area contributed by atoms with Gasteiger partial charge in [-0.15, -0.1) is 0 Å². The van der Waals surface area contributed by atoms with Crippen LogP contribution in [0.5, 0.6) is 0 Å². The van der Waals surface area contributed by atoms with Crippen LogP contribution in [0.4, 0.5) is 0 Å². The van der Waals surface area contributed by atoms with Gasteiger partial charge in [-0.1, -0.05) is 20.3 Å². The van der Waals surface area contributed by atoms with Crippen LogP contribution in [0.25, 0.3) is 0 Å². The predicted molar refractivity (Wildman–Crippen MR) is 66.5 cm³/mol. The number of carbonyl (C=O) groups is 2. The van der Waals surface area contributed by atoms with Crippen molar-refractivity contribution in [3.63, 3.8) is 0 Å². The largest absolute Gasteiger partial charge is 0.394 e. The summed E-state index contributed by atoms with van der Waals surface area (Å²) in [6.45, 7) is 4.38. The van der Waals surface area contributed by atoms with E-state index in [0.29, 0.717) is 25.8 Å². The molecule has 3 N–H and O–H groups in total. The monoisotopic (exact) mass is 244 g/mol. The molecule has 0 rings (SSSR count). The minimum Gasteiger partial charge on any atom is -0.394 e. The molecule has 0 bridgehead atoms. The lowest BCUT2D eigenvalue weighted by Crippen LogP contribution is -2.38. The molecule has 0 saturated heterocycles. The fourth-order valence-electron chi connectivity index (χ4n) is 1.34. The fourth-order valence-corrected chi connectivity index (χ4v) is 1.34. The zero-order valence-corrected chi connectivity index (χ0v) is 10.8. The van der Waals surface area contributed by atoms with E-state index in [1.165, 1.54) is 0 Å². The summed E-state index contributed by atoms with van der Waals surface area (Å²) in [6, 6.07) is -0.320. The van der Waals surface area contributed by atoms with Gasteiger partial charge in [0.2, 0.25) is 11.8 Å². The van der Waals surface area contributed by atoms with Crippen LogP contribution in [0.15, 0.2) is 0 Å². The Morgan fingerprint density at radius 3 is 2.47 bits per heavy atom. The molecular weight excluding hydrogens is 220 g/mol. The Bertz CT molecular complexity index is 232. The van der Waals surface area contributed by atoms with Gasteiger partial charge < -0.3 is 15.7 Å². The molecule has 100 valence electrons. The minimum absolute atomic E-state index is 0.0253. The molecule has 0 aliphatic heterocycles. The number of carbonyl (C=O) groups excluding carboxylic acids is 2. The van der Waals surface area contributed by atoms with Crippen molar-refractivity contribution >= 4 is 11.8 Å². The quantitative estimate of drug-likeness (QED) is 0.519. The van der Waals surface area contributed by atoms with Crippen molar-refractivity contribution in [3.8, 4) is 0 Å². The van der Waals surface area contributed by atoms with Gasteiger partial charge in [0.1, 0.15) is 0 Å². The van der Waals surface area contributed by atoms with Crippen molar-refractivity contribution in [1.82, 2.24) is 10.6 Å². The van der Waals surface area contributed by atoms with Crippen LogP contribution in [-0.2, 0) is 9.59 Å². The summed E-state index contributed by atoms with van der Waals surface area (Å²) in [5, 5.41) is 14.5. The Morgan fingerprint density at radius 1 is 1.24 bits per heavy atom. The number of hydrogen-bond donors (Lipinski definition) is 3. The lowest BCUT2D eigenvalue weighted by atomic mass is 10.1. The molecule has 0 fully saturated rings. The number of rotatable bonds is 9. The van der Waals surface area contributed by atoms with Gasteiger partial charge in [-0.3, -0.25) is 9.59 Å². The van der Waals surface area contributed by atoms with E-state index >= 15 is 0 Å². The Kier molecular flexibility index (Phi) is 9.43. The number of nitrogens with one attached hydrogen (secondary N) is 2. The first kappa shape index (κ1) is 15.9. The number of aliphatic hydroxyl groups is 1. The van der Waals surface area contributed by atoms with Crippen molar-refractivity contribution in [3.05, 3.63) is 0 Å². The molecule has 5 heteroatoms. The predicted octanol–water partition coefficient (Wildman–Crippen LogP) is 0.570. The van der Waals surface area contributed by atoms with Crippen LogP contribution < -0.4 is 10.6 Å². The summed E-state index contributed by atoms with van der Waals surface area (Å²) in [6.07, 6.45) is 3.21. The zero-order valence-electron chi connectivity index (χ0n) is 10.8. The molecule has 0 spiro atoms. The van der Waals surface area contributed by atoms with Gasteiger partial charge in [0, 0.05) is 19.4 Å². The molecule has 0 heterocycles. The van der Waals surface area contributed by atoms with Gasteiger partial charge in [0.25, 0.3) is 0 Å². The first-order valence-corrected chi connectivity index (χ1v) is 6.30. The standard InChI is InChI=1S/C12H24N2O3/c1-3-5-8-13-12(17)7-6-10(9-15)14-11(16)4-2/h10,15H,3-9H2,1-2H3,(H,13,17)(H,14,16). The first-order valence-electron chi connectivity index (χ1n) is 6.30. The Morgan fingerprint density at radius 2 is 1.94 bits per heavy atom. The molecule has 5 nitrogen and oxygen atoms in total. The first-order chi connectivity index (χ1) is 8.13. The van der Waals surface area contributed by atoms with E-state index in [4.69, 9.17) is 5.11 Å². The number of hydrogen-bond acceptors (Lipinski definition) is 3. The topological polar surface area (TPSA) is 78.4 Å². The second kappa shape index (κ2) is 10.1. The van der Waals surface area contributed by atoms with Gasteiger partial charge in [0.05, 0.1) is 12.6 Å². The summed E-state index contributed by atoms with van der Waals surface area (Å²) in [5.41, 5.74) is 0. The maximum absolute atomic E-state index is 11.4.